The molecule has 0 radical (unpaired) electrons. The molecule has 0 unspecified atom stereocenters. The summed E-state index contributed by atoms with van der Waals surface area (Å²) in [4.78, 5) is 0. The number of benzene rings is 1. The standard InChI is InChI=1S/C11H11F2N3O2S/c1-2-15-19(17,18)11-5-6-14-16(11)10-4-3-8(12)7-9(10)13/h3-7,15H,2H2,1H3. The normalized spacial score (nSPS) is 11.7. The molecule has 0 atom stereocenters. The minimum absolute atomic E-state index is 0.136. The van der Waals surface area contributed by atoms with E-state index in [0.717, 1.165) is 16.8 Å². The third-order valence-electron chi connectivity index (χ3n) is 2.36. The van der Waals surface area contributed by atoms with Crippen LogP contribution in [0.25, 0.3) is 5.69 Å². The smallest absolute Gasteiger partial charge is 0.218 e. The highest BCUT2D eigenvalue weighted by atomic mass is 32.2. The van der Waals surface area contributed by atoms with E-state index < -0.39 is 21.7 Å². The molecule has 0 bridgehead atoms. The fourth-order valence-corrected chi connectivity index (χ4v) is 2.73. The lowest BCUT2D eigenvalue weighted by atomic mass is 10.3. The monoisotopic (exact) mass is 287 g/mol. The number of sulfonamides is 1. The Hall–Kier alpha value is -1.80. The number of hydrogen-bond donors (Lipinski definition) is 1. The van der Waals surface area contributed by atoms with Gasteiger partial charge in [-0.05, 0) is 18.2 Å². The first-order valence-corrected chi connectivity index (χ1v) is 6.93. The predicted molar refractivity (Wildman–Crippen MR) is 64.3 cm³/mol. The molecule has 1 heterocycles. The van der Waals surface area contributed by atoms with Crippen molar-refractivity contribution in [1.29, 1.82) is 0 Å². The van der Waals surface area contributed by atoms with E-state index in [0.29, 0.717) is 6.07 Å². The Morgan fingerprint density at radius 2 is 2.05 bits per heavy atom. The van der Waals surface area contributed by atoms with Crippen LogP contribution in [0, 0.1) is 11.6 Å². The molecular weight excluding hydrogens is 276 g/mol. The molecule has 0 aliphatic carbocycles. The lowest BCUT2D eigenvalue weighted by Gasteiger charge is -2.09. The second-order valence-corrected chi connectivity index (χ2v) is 5.39. The zero-order chi connectivity index (χ0) is 14.0. The van der Waals surface area contributed by atoms with Gasteiger partial charge in [-0.3, -0.25) is 0 Å². The fourth-order valence-electron chi connectivity index (χ4n) is 1.59. The van der Waals surface area contributed by atoms with Gasteiger partial charge in [0, 0.05) is 12.6 Å². The van der Waals surface area contributed by atoms with Crippen molar-refractivity contribution < 1.29 is 17.2 Å². The molecule has 8 heteroatoms. The zero-order valence-electron chi connectivity index (χ0n) is 9.97. The zero-order valence-corrected chi connectivity index (χ0v) is 10.8. The van der Waals surface area contributed by atoms with Crippen molar-refractivity contribution in [3.63, 3.8) is 0 Å². The molecule has 5 nitrogen and oxygen atoms in total. The van der Waals surface area contributed by atoms with Crippen molar-refractivity contribution in [2.24, 2.45) is 0 Å². The second kappa shape index (κ2) is 5.06. The first kappa shape index (κ1) is 13.6. The van der Waals surface area contributed by atoms with Gasteiger partial charge in [-0.15, -0.1) is 0 Å². The van der Waals surface area contributed by atoms with Crippen LogP contribution >= 0.6 is 0 Å². The van der Waals surface area contributed by atoms with E-state index in [2.05, 4.69) is 9.82 Å². The first-order valence-electron chi connectivity index (χ1n) is 5.45. The molecule has 1 aromatic carbocycles. The Balaban J connectivity index is 2.57. The summed E-state index contributed by atoms with van der Waals surface area (Å²) >= 11 is 0. The van der Waals surface area contributed by atoms with Gasteiger partial charge in [0.25, 0.3) is 10.0 Å². The average Bonchev–Trinajstić information content (AvgIpc) is 2.78. The summed E-state index contributed by atoms with van der Waals surface area (Å²) in [6.07, 6.45) is 1.23. The summed E-state index contributed by atoms with van der Waals surface area (Å²) < 4.78 is 53.5. The molecule has 0 saturated carbocycles. The molecule has 2 rings (SSSR count). The Morgan fingerprint density at radius 3 is 2.68 bits per heavy atom. The highest BCUT2D eigenvalue weighted by Gasteiger charge is 2.21. The van der Waals surface area contributed by atoms with Gasteiger partial charge in [-0.2, -0.15) is 5.10 Å². The van der Waals surface area contributed by atoms with Crippen LogP contribution < -0.4 is 4.72 Å². The largest absolute Gasteiger partial charge is 0.258 e. The van der Waals surface area contributed by atoms with Crippen molar-refractivity contribution in [2.45, 2.75) is 11.9 Å². The van der Waals surface area contributed by atoms with Crippen molar-refractivity contribution in [2.75, 3.05) is 6.54 Å². The Morgan fingerprint density at radius 1 is 1.32 bits per heavy atom. The second-order valence-electron chi connectivity index (χ2n) is 3.68. The molecule has 0 saturated heterocycles. The maximum absolute atomic E-state index is 13.7. The average molecular weight is 287 g/mol. The lowest BCUT2D eigenvalue weighted by molar-refractivity contribution is 0.558. The molecule has 19 heavy (non-hydrogen) atoms. The third kappa shape index (κ3) is 2.64. The molecular formula is C11H11F2N3O2S. The van der Waals surface area contributed by atoms with Gasteiger partial charge in [0.15, 0.2) is 10.8 Å². The van der Waals surface area contributed by atoms with Gasteiger partial charge in [0.05, 0.1) is 6.20 Å². The Kier molecular flexibility index (Phi) is 3.63. The van der Waals surface area contributed by atoms with Crippen LogP contribution in [0.3, 0.4) is 0 Å². The van der Waals surface area contributed by atoms with Gasteiger partial charge in [-0.25, -0.2) is 26.6 Å². The number of aromatic nitrogens is 2. The van der Waals surface area contributed by atoms with Crippen LogP contribution in [0.2, 0.25) is 0 Å². The SMILES string of the molecule is CCNS(=O)(=O)c1ccnn1-c1ccc(F)cc1F. The maximum atomic E-state index is 13.7. The summed E-state index contributed by atoms with van der Waals surface area (Å²) in [5, 5.41) is 3.55. The summed E-state index contributed by atoms with van der Waals surface area (Å²) in [5.74, 6) is -1.64. The van der Waals surface area contributed by atoms with Gasteiger partial charge in [-0.1, -0.05) is 6.92 Å². The summed E-state index contributed by atoms with van der Waals surface area (Å²) in [6, 6.07) is 4.06. The van der Waals surface area contributed by atoms with Crippen molar-refractivity contribution in [3.05, 3.63) is 42.1 Å². The Labute approximate surface area is 108 Å². The summed E-state index contributed by atoms with van der Waals surface area (Å²) in [6.45, 7) is 1.82. The van der Waals surface area contributed by atoms with Gasteiger partial charge in [0.2, 0.25) is 0 Å². The van der Waals surface area contributed by atoms with Crippen LogP contribution in [0.5, 0.6) is 0 Å². The van der Waals surface area contributed by atoms with Gasteiger partial charge < -0.3 is 0 Å². The van der Waals surface area contributed by atoms with E-state index in [1.165, 1.54) is 12.3 Å². The van der Waals surface area contributed by atoms with E-state index in [1.54, 1.807) is 6.92 Å². The molecule has 1 N–H and O–H groups in total. The predicted octanol–water partition coefficient (Wildman–Crippen LogP) is 1.45. The quantitative estimate of drug-likeness (QED) is 0.925. The highest BCUT2D eigenvalue weighted by molar-refractivity contribution is 7.89. The number of halogens is 2. The number of nitrogens with one attached hydrogen (secondary N) is 1. The number of nitrogens with zero attached hydrogens (tertiary/aromatic N) is 2. The number of hydrogen-bond acceptors (Lipinski definition) is 3. The lowest BCUT2D eigenvalue weighted by Crippen LogP contribution is -2.25. The van der Waals surface area contributed by atoms with Gasteiger partial charge >= 0.3 is 0 Å². The van der Waals surface area contributed by atoms with E-state index >= 15 is 0 Å². The molecule has 0 spiro atoms. The molecule has 0 amide bonds. The Bertz CT molecular complexity index is 698. The highest BCUT2D eigenvalue weighted by Crippen LogP contribution is 2.18. The molecule has 102 valence electrons. The molecule has 1 aromatic heterocycles. The first-order chi connectivity index (χ1) is 8.95. The minimum Gasteiger partial charge on any atom is -0.218 e. The minimum atomic E-state index is -3.78. The molecule has 2 aromatic rings. The van der Waals surface area contributed by atoms with Crippen molar-refractivity contribution in [1.82, 2.24) is 14.5 Å². The molecule has 0 aliphatic heterocycles. The summed E-state index contributed by atoms with van der Waals surface area (Å²) in [7, 11) is -3.78. The van der Waals surface area contributed by atoms with E-state index in [9.17, 15) is 17.2 Å². The maximum Gasteiger partial charge on any atom is 0.258 e. The van der Waals surface area contributed by atoms with Crippen LogP contribution in [-0.2, 0) is 10.0 Å². The van der Waals surface area contributed by atoms with Gasteiger partial charge in [0.1, 0.15) is 11.5 Å². The van der Waals surface area contributed by atoms with Crippen LogP contribution in [-0.4, -0.2) is 24.7 Å². The van der Waals surface area contributed by atoms with Crippen LogP contribution in [0.1, 0.15) is 6.92 Å². The van der Waals surface area contributed by atoms with Crippen molar-refractivity contribution in [3.8, 4) is 5.69 Å². The van der Waals surface area contributed by atoms with Crippen molar-refractivity contribution >= 4 is 10.0 Å². The molecule has 0 fully saturated rings. The van der Waals surface area contributed by atoms with Crippen LogP contribution in [0.4, 0.5) is 8.78 Å². The van der Waals surface area contributed by atoms with E-state index in [-0.39, 0.29) is 17.3 Å². The van der Waals surface area contributed by atoms with Crippen LogP contribution in [0.15, 0.2) is 35.5 Å². The topological polar surface area (TPSA) is 64.0 Å². The fraction of sp³-hybridized carbons (Fsp3) is 0.182. The summed E-state index contributed by atoms with van der Waals surface area (Å²) in [5.41, 5.74) is -0.136. The molecule has 0 aliphatic rings. The third-order valence-corrected chi connectivity index (χ3v) is 3.88. The van der Waals surface area contributed by atoms with E-state index in [1.807, 2.05) is 0 Å². The number of rotatable bonds is 4. The van der Waals surface area contributed by atoms with E-state index in [4.69, 9.17) is 0 Å².